The number of hydrogen-bond acceptors (Lipinski definition) is 3. The van der Waals surface area contributed by atoms with E-state index >= 15 is 0 Å². The van der Waals surface area contributed by atoms with Gasteiger partial charge in [-0.2, -0.15) is 0 Å². The van der Waals surface area contributed by atoms with Crippen LogP contribution in [0.1, 0.15) is 0 Å². The first kappa shape index (κ1) is 37.4. The van der Waals surface area contributed by atoms with Crippen molar-refractivity contribution in [1.82, 2.24) is 0 Å². The van der Waals surface area contributed by atoms with Crippen LogP contribution in [-0.4, -0.2) is 6.71 Å². The molecule has 0 fully saturated rings. The minimum absolute atomic E-state index is 0.0199. The van der Waals surface area contributed by atoms with E-state index in [2.05, 4.69) is 269 Å². The minimum Gasteiger partial charge on any atom is -0.311 e. The number of fused-ring (bicyclic) bond motifs is 4. The van der Waals surface area contributed by atoms with Crippen molar-refractivity contribution in [3.63, 3.8) is 0 Å². The van der Waals surface area contributed by atoms with Crippen molar-refractivity contribution < 1.29 is 0 Å². The normalized spacial score (nSPS) is 12.3. The lowest BCUT2D eigenvalue weighted by Crippen LogP contribution is -2.61. The molecule has 0 aliphatic carbocycles. The fourth-order valence-electron chi connectivity index (χ4n) is 10.1. The van der Waals surface area contributed by atoms with Gasteiger partial charge in [0.2, 0.25) is 0 Å². The second-order valence-corrected chi connectivity index (χ2v) is 16.4. The zero-order valence-corrected chi connectivity index (χ0v) is 35.2. The Labute approximate surface area is 375 Å². The minimum atomic E-state index is -0.0199. The molecule has 0 radical (unpaired) electrons. The highest BCUT2D eigenvalue weighted by atomic mass is 15.2. The summed E-state index contributed by atoms with van der Waals surface area (Å²) in [5.74, 6) is 0. The van der Waals surface area contributed by atoms with Crippen LogP contribution >= 0.6 is 0 Å². The van der Waals surface area contributed by atoms with E-state index in [0.29, 0.717) is 0 Å². The summed E-state index contributed by atoms with van der Waals surface area (Å²) in [5, 5.41) is 0. The third kappa shape index (κ3) is 6.22. The monoisotopic (exact) mass is 815 g/mol. The molecule has 0 N–H and O–H groups in total. The highest BCUT2D eigenvalue weighted by molar-refractivity contribution is 7.00. The number of anilines is 9. The Morgan fingerprint density at radius 1 is 0.281 bits per heavy atom. The molecule has 0 spiro atoms. The second-order valence-electron chi connectivity index (χ2n) is 16.4. The van der Waals surface area contributed by atoms with Crippen molar-refractivity contribution in [2.24, 2.45) is 0 Å². The molecule has 4 heteroatoms. The van der Waals surface area contributed by atoms with Crippen LogP contribution in [0.25, 0.3) is 33.4 Å². The molecular weight excluding hydrogens is 773 g/mol. The van der Waals surface area contributed by atoms with E-state index in [9.17, 15) is 0 Å². The number of hydrogen-bond donors (Lipinski definition) is 0. The van der Waals surface area contributed by atoms with Gasteiger partial charge in [-0.15, -0.1) is 0 Å². The molecule has 2 aliphatic rings. The third-order valence-corrected chi connectivity index (χ3v) is 12.8. The molecular formula is C60H42BN3. The summed E-state index contributed by atoms with van der Waals surface area (Å²) in [4.78, 5) is 7.54. The molecule has 300 valence electrons. The lowest BCUT2D eigenvalue weighted by atomic mass is 9.33. The van der Waals surface area contributed by atoms with Crippen molar-refractivity contribution in [2.45, 2.75) is 0 Å². The zero-order chi connectivity index (χ0) is 42.4. The summed E-state index contributed by atoms with van der Waals surface area (Å²) >= 11 is 0. The molecule has 2 aliphatic heterocycles. The van der Waals surface area contributed by atoms with E-state index in [1.165, 1.54) is 50.0 Å². The van der Waals surface area contributed by atoms with Gasteiger partial charge < -0.3 is 14.7 Å². The third-order valence-electron chi connectivity index (χ3n) is 12.8. The lowest BCUT2D eigenvalue weighted by molar-refractivity contribution is 1.23. The maximum atomic E-state index is 2.54. The quantitative estimate of drug-likeness (QED) is 0.142. The van der Waals surface area contributed by atoms with Crippen LogP contribution in [-0.2, 0) is 0 Å². The molecule has 12 rings (SSSR count). The maximum absolute atomic E-state index is 2.54. The van der Waals surface area contributed by atoms with E-state index in [0.717, 1.165) is 50.9 Å². The molecule has 0 atom stereocenters. The topological polar surface area (TPSA) is 9.72 Å². The van der Waals surface area contributed by atoms with Gasteiger partial charge in [0.05, 0.1) is 22.7 Å². The fourth-order valence-corrected chi connectivity index (χ4v) is 10.1. The molecule has 10 aromatic carbocycles. The van der Waals surface area contributed by atoms with Gasteiger partial charge in [0, 0.05) is 45.1 Å². The second kappa shape index (κ2) is 15.8. The van der Waals surface area contributed by atoms with E-state index in [1.807, 2.05) is 0 Å². The van der Waals surface area contributed by atoms with Crippen LogP contribution in [0.15, 0.2) is 255 Å². The van der Waals surface area contributed by atoms with Crippen LogP contribution in [0.3, 0.4) is 0 Å². The zero-order valence-electron chi connectivity index (χ0n) is 35.2. The van der Waals surface area contributed by atoms with Crippen LogP contribution < -0.4 is 31.1 Å². The molecule has 0 aromatic heterocycles. The van der Waals surface area contributed by atoms with E-state index in [-0.39, 0.29) is 6.71 Å². The summed E-state index contributed by atoms with van der Waals surface area (Å²) < 4.78 is 0. The van der Waals surface area contributed by atoms with Crippen molar-refractivity contribution in [3.05, 3.63) is 255 Å². The molecule has 64 heavy (non-hydrogen) atoms. The van der Waals surface area contributed by atoms with Crippen LogP contribution in [0.4, 0.5) is 51.2 Å². The van der Waals surface area contributed by atoms with Crippen LogP contribution in [0.5, 0.6) is 0 Å². The maximum Gasteiger partial charge on any atom is 0.252 e. The van der Waals surface area contributed by atoms with Gasteiger partial charge in [-0.3, -0.25) is 0 Å². The van der Waals surface area contributed by atoms with Crippen molar-refractivity contribution in [1.29, 1.82) is 0 Å². The first-order chi connectivity index (χ1) is 31.8. The van der Waals surface area contributed by atoms with Crippen molar-refractivity contribution in [3.8, 4) is 33.4 Å². The standard InChI is InChI=1S/C60H42BN3/c1-5-23-43(24-6-1)48-31-13-18-36-53(48)62(46-29-11-4-12-30-46)47-41-58-60-59(42-47)64(55-38-20-15-33-50(55)45-27-9-3-10-28-45)57-40-22-17-35-52(57)61(60)51-34-16-21-39-56(51)63(58)54-37-19-14-32-49(54)44-25-7-2-8-26-44/h1-42H. The Bertz CT molecular complexity index is 3140. The Morgan fingerprint density at radius 2 is 0.641 bits per heavy atom. The highest BCUT2D eigenvalue weighted by Gasteiger charge is 2.44. The number of nitrogens with zero attached hydrogens (tertiary/aromatic N) is 3. The Morgan fingerprint density at radius 3 is 1.12 bits per heavy atom. The van der Waals surface area contributed by atoms with Gasteiger partial charge in [-0.1, -0.05) is 200 Å². The Hall–Kier alpha value is -8.34. The lowest BCUT2D eigenvalue weighted by Gasteiger charge is -2.45. The molecule has 0 amide bonds. The average molecular weight is 816 g/mol. The molecule has 2 heterocycles. The summed E-state index contributed by atoms with van der Waals surface area (Å²) in [5.41, 5.74) is 21.0. The summed E-state index contributed by atoms with van der Waals surface area (Å²) in [6, 6.07) is 92.8. The molecule has 0 bridgehead atoms. The Kier molecular flexibility index (Phi) is 9.27. The van der Waals surface area contributed by atoms with Crippen molar-refractivity contribution >= 4 is 74.3 Å². The first-order valence-electron chi connectivity index (χ1n) is 22.1. The number of benzene rings is 10. The van der Waals surface area contributed by atoms with Gasteiger partial charge in [0.15, 0.2) is 0 Å². The largest absolute Gasteiger partial charge is 0.311 e. The molecule has 0 saturated heterocycles. The number of rotatable bonds is 8. The number of para-hydroxylation sites is 6. The highest BCUT2D eigenvalue weighted by Crippen LogP contribution is 2.51. The smallest absolute Gasteiger partial charge is 0.252 e. The summed E-state index contributed by atoms with van der Waals surface area (Å²) in [6.45, 7) is -0.0199. The molecule has 0 unspecified atom stereocenters. The van der Waals surface area contributed by atoms with Gasteiger partial charge in [0.1, 0.15) is 0 Å². The van der Waals surface area contributed by atoms with Crippen LogP contribution in [0, 0.1) is 0 Å². The van der Waals surface area contributed by atoms with E-state index in [1.54, 1.807) is 0 Å². The Balaban J connectivity index is 1.22. The van der Waals surface area contributed by atoms with Crippen molar-refractivity contribution in [2.75, 3.05) is 14.7 Å². The van der Waals surface area contributed by atoms with E-state index < -0.39 is 0 Å². The average Bonchev–Trinajstić information content (AvgIpc) is 3.37. The molecule has 3 nitrogen and oxygen atoms in total. The van der Waals surface area contributed by atoms with E-state index in [4.69, 9.17) is 0 Å². The molecule has 10 aromatic rings. The van der Waals surface area contributed by atoms with Gasteiger partial charge in [-0.05, 0) is 87.7 Å². The predicted octanol–water partition coefficient (Wildman–Crippen LogP) is 14.2. The SMILES string of the molecule is c1ccc(-c2ccccc2N(c2ccccc2)c2cc3c4c(c2)N(c2ccccc2-c2ccccc2)c2ccccc2B4c2ccccc2N3c2ccccc2-c2ccccc2)cc1. The first-order valence-corrected chi connectivity index (χ1v) is 22.1. The van der Waals surface area contributed by atoms with Gasteiger partial charge >= 0.3 is 0 Å². The van der Waals surface area contributed by atoms with Gasteiger partial charge in [-0.25, -0.2) is 0 Å². The van der Waals surface area contributed by atoms with Crippen LogP contribution in [0.2, 0.25) is 0 Å². The summed E-state index contributed by atoms with van der Waals surface area (Å²) in [7, 11) is 0. The predicted molar refractivity (Wildman–Crippen MR) is 271 cm³/mol. The summed E-state index contributed by atoms with van der Waals surface area (Å²) in [6.07, 6.45) is 0. The molecule has 0 saturated carbocycles. The van der Waals surface area contributed by atoms with Gasteiger partial charge in [0.25, 0.3) is 6.71 Å². The fraction of sp³-hybridized carbons (Fsp3) is 0.